The van der Waals surface area contributed by atoms with Crippen LogP contribution in [-0.4, -0.2) is 29.4 Å². The van der Waals surface area contributed by atoms with Crippen molar-refractivity contribution in [2.45, 2.75) is 38.3 Å². The topological polar surface area (TPSA) is 46.3 Å². The van der Waals surface area contributed by atoms with Crippen LogP contribution < -0.4 is 5.73 Å². The second kappa shape index (κ2) is 6.21. The number of halogens is 1. The molecule has 1 aliphatic rings. The zero-order chi connectivity index (χ0) is 12.4. The number of benzene rings is 1. The first-order valence-electron chi connectivity index (χ1n) is 6.22. The van der Waals surface area contributed by atoms with Gasteiger partial charge < -0.3 is 10.6 Å². The molecule has 100 valence electrons. The lowest BCUT2D eigenvalue weighted by molar-refractivity contribution is -0.132. The molecule has 1 saturated heterocycles. The largest absolute Gasteiger partial charge is 0.338 e. The molecule has 1 aromatic rings. The summed E-state index contributed by atoms with van der Waals surface area (Å²) in [6.45, 7) is 4.69. The van der Waals surface area contributed by atoms with Crippen molar-refractivity contribution in [3.63, 3.8) is 0 Å². The standard InChI is InChI=1S/C14H20N2O.ClH/c1-10(15)14(17)16-9-8-13(11(16)2)12-6-4-3-5-7-12;/h3-7,10-11,13H,8-9,15H2,1-2H3;1H/t10-,11?,13?;/m1./s1. The first kappa shape index (κ1) is 15.0. The summed E-state index contributed by atoms with van der Waals surface area (Å²) in [5, 5.41) is 0. The van der Waals surface area contributed by atoms with Crippen molar-refractivity contribution in [3.8, 4) is 0 Å². The second-order valence-corrected chi connectivity index (χ2v) is 4.87. The highest BCUT2D eigenvalue weighted by atomic mass is 35.5. The highest BCUT2D eigenvalue weighted by Crippen LogP contribution is 2.33. The first-order chi connectivity index (χ1) is 8.11. The molecule has 2 unspecified atom stereocenters. The fourth-order valence-electron chi connectivity index (χ4n) is 2.66. The predicted molar refractivity (Wildman–Crippen MR) is 75.9 cm³/mol. The van der Waals surface area contributed by atoms with Crippen LogP contribution in [0, 0.1) is 0 Å². The minimum atomic E-state index is -0.396. The Morgan fingerprint density at radius 3 is 2.56 bits per heavy atom. The Bertz CT molecular complexity index is 394. The molecular formula is C14H21ClN2O. The van der Waals surface area contributed by atoms with Crippen molar-refractivity contribution in [2.24, 2.45) is 5.73 Å². The molecule has 0 bridgehead atoms. The van der Waals surface area contributed by atoms with E-state index in [-0.39, 0.29) is 24.4 Å². The van der Waals surface area contributed by atoms with E-state index < -0.39 is 6.04 Å². The van der Waals surface area contributed by atoms with E-state index in [2.05, 4.69) is 31.2 Å². The van der Waals surface area contributed by atoms with Gasteiger partial charge in [0.25, 0.3) is 0 Å². The van der Waals surface area contributed by atoms with Gasteiger partial charge >= 0.3 is 0 Å². The number of likely N-dealkylation sites (tertiary alicyclic amines) is 1. The van der Waals surface area contributed by atoms with Crippen LogP contribution in [0.5, 0.6) is 0 Å². The summed E-state index contributed by atoms with van der Waals surface area (Å²) >= 11 is 0. The number of carbonyl (C=O) groups excluding carboxylic acids is 1. The molecule has 2 rings (SSSR count). The van der Waals surface area contributed by atoms with Crippen molar-refractivity contribution in [3.05, 3.63) is 35.9 Å². The van der Waals surface area contributed by atoms with Gasteiger partial charge in [0.05, 0.1) is 6.04 Å². The molecule has 1 fully saturated rings. The van der Waals surface area contributed by atoms with Crippen LogP contribution in [0.15, 0.2) is 30.3 Å². The third-order valence-corrected chi connectivity index (χ3v) is 3.66. The lowest BCUT2D eigenvalue weighted by Gasteiger charge is -2.26. The molecule has 3 atom stereocenters. The van der Waals surface area contributed by atoms with Crippen LogP contribution >= 0.6 is 12.4 Å². The van der Waals surface area contributed by atoms with Gasteiger partial charge in [-0.15, -0.1) is 12.4 Å². The number of nitrogens with zero attached hydrogens (tertiary/aromatic N) is 1. The van der Waals surface area contributed by atoms with Crippen molar-refractivity contribution in [2.75, 3.05) is 6.54 Å². The fraction of sp³-hybridized carbons (Fsp3) is 0.500. The maximum absolute atomic E-state index is 11.9. The summed E-state index contributed by atoms with van der Waals surface area (Å²) in [6.07, 6.45) is 1.03. The van der Waals surface area contributed by atoms with E-state index in [9.17, 15) is 4.79 Å². The monoisotopic (exact) mass is 268 g/mol. The van der Waals surface area contributed by atoms with Crippen LogP contribution in [0.1, 0.15) is 31.7 Å². The van der Waals surface area contributed by atoms with Gasteiger partial charge in [0, 0.05) is 18.5 Å². The molecule has 1 amide bonds. The summed E-state index contributed by atoms with van der Waals surface area (Å²) in [5.41, 5.74) is 6.99. The molecule has 2 N–H and O–H groups in total. The average Bonchev–Trinajstić information content (AvgIpc) is 2.71. The minimum Gasteiger partial charge on any atom is -0.338 e. The Morgan fingerprint density at radius 2 is 2.00 bits per heavy atom. The van der Waals surface area contributed by atoms with Crippen molar-refractivity contribution < 1.29 is 4.79 Å². The predicted octanol–water partition coefficient (Wildman–Crippen LogP) is 2.16. The SMILES string of the molecule is CC1C(c2ccccc2)CCN1C(=O)[C@@H](C)N.Cl. The van der Waals surface area contributed by atoms with Crippen molar-refractivity contribution in [1.82, 2.24) is 4.90 Å². The smallest absolute Gasteiger partial charge is 0.239 e. The van der Waals surface area contributed by atoms with Gasteiger partial charge in [-0.1, -0.05) is 30.3 Å². The van der Waals surface area contributed by atoms with Crippen molar-refractivity contribution >= 4 is 18.3 Å². The van der Waals surface area contributed by atoms with Gasteiger partial charge in [-0.2, -0.15) is 0 Å². The molecule has 0 aromatic heterocycles. The van der Waals surface area contributed by atoms with E-state index in [4.69, 9.17) is 5.73 Å². The first-order valence-corrected chi connectivity index (χ1v) is 6.22. The maximum Gasteiger partial charge on any atom is 0.239 e. The summed E-state index contributed by atoms with van der Waals surface area (Å²) in [5.74, 6) is 0.509. The Labute approximate surface area is 115 Å². The molecule has 3 nitrogen and oxygen atoms in total. The fourth-order valence-corrected chi connectivity index (χ4v) is 2.66. The summed E-state index contributed by atoms with van der Waals surface area (Å²) in [7, 11) is 0. The zero-order valence-corrected chi connectivity index (χ0v) is 11.7. The van der Waals surface area contributed by atoms with Crippen molar-refractivity contribution in [1.29, 1.82) is 0 Å². The number of amides is 1. The number of hydrogen-bond donors (Lipinski definition) is 1. The van der Waals surface area contributed by atoms with Crippen LogP contribution in [0.2, 0.25) is 0 Å². The van der Waals surface area contributed by atoms with E-state index in [0.717, 1.165) is 13.0 Å². The van der Waals surface area contributed by atoms with Crippen LogP contribution in [0.25, 0.3) is 0 Å². The third kappa shape index (κ3) is 2.85. The molecule has 0 aliphatic carbocycles. The number of hydrogen-bond acceptors (Lipinski definition) is 2. The van der Waals surface area contributed by atoms with E-state index >= 15 is 0 Å². The van der Waals surface area contributed by atoms with E-state index in [1.807, 2.05) is 11.0 Å². The van der Waals surface area contributed by atoms with Gasteiger partial charge in [0.2, 0.25) is 5.91 Å². The van der Waals surface area contributed by atoms with Gasteiger partial charge in [-0.25, -0.2) is 0 Å². The maximum atomic E-state index is 11.9. The van der Waals surface area contributed by atoms with Crippen LogP contribution in [-0.2, 0) is 4.79 Å². The van der Waals surface area contributed by atoms with E-state index in [1.165, 1.54) is 5.56 Å². The summed E-state index contributed by atoms with van der Waals surface area (Å²) in [4.78, 5) is 13.9. The van der Waals surface area contributed by atoms with Gasteiger partial charge in [-0.05, 0) is 25.8 Å². The molecule has 1 aliphatic heterocycles. The summed E-state index contributed by atoms with van der Waals surface area (Å²) in [6, 6.07) is 10.3. The lowest BCUT2D eigenvalue weighted by Crippen LogP contribution is -2.44. The second-order valence-electron chi connectivity index (χ2n) is 4.87. The normalized spacial score (nSPS) is 24.5. The highest BCUT2D eigenvalue weighted by Gasteiger charge is 2.35. The lowest BCUT2D eigenvalue weighted by atomic mass is 9.93. The number of carbonyl (C=O) groups is 1. The van der Waals surface area contributed by atoms with Gasteiger partial charge in [-0.3, -0.25) is 4.79 Å². The number of nitrogens with two attached hydrogens (primary N) is 1. The Balaban J connectivity index is 0.00000162. The molecule has 0 saturated carbocycles. The van der Waals surface area contributed by atoms with Crippen LogP contribution in [0.4, 0.5) is 0 Å². The van der Waals surface area contributed by atoms with Gasteiger partial charge in [0.1, 0.15) is 0 Å². The molecule has 0 spiro atoms. The Hall–Kier alpha value is -1.06. The molecule has 1 heterocycles. The number of rotatable bonds is 2. The quantitative estimate of drug-likeness (QED) is 0.894. The Morgan fingerprint density at radius 1 is 1.39 bits per heavy atom. The molecule has 4 heteroatoms. The molecule has 1 aromatic carbocycles. The van der Waals surface area contributed by atoms with Crippen LogP contribution in [0.3, 0.4) is 0 Å². The average molecular weight is 269 g/mol. The summed E-state index contributed by atoms with van der Waals surface area (Å²) < 4.78 is 0. The minimum absolute atomic E-state index is 0. The Kier molecular flexibility index (Phi) is 5.17. The van der Waals surface area contributed by atoms with E-state index in [1.54, 1.807) is 6.92 Å². The van der Waals surface area contributed by atoms with Gasteiger partial charge in [0.15, 0.2) is 0 Å². The highest BCUT2D eigenvalue weighted by molar-refractivity contribution is 5.85. The zero-order valence-electron chi connectivity index (χ0n) is 10.9. The third-order valence-electron chi connectivity index (χ3n) is 3.66. The molecular weight excluding hydrogens is 248 g/mol. The van der Waals surface area contributed by atoms with E-state index in [0.29, 0.717) is 5.92 Å². The molecule has 18 heavy (non-hydrogen) atoms. The molecule has 0 radical (unpaired) electrons.